The van der Waals surface area contributed by atoms with Crippen LogP contribution in [0.2, 0.25) is 0 Å². The molecule has 0 atom stereocenters. The van der Waals surface area contributed by atoms with Gasteiger partial charge in [0.05, 0.1) is 12.8 Å². The fourth-order valence-corrected chi connectivity index (χ4v) is 3.22. The zero-order valence-electron chi connectivity index (χ0n) is 17.2. The zero-order valence-corrected chi connectivity index (χ0v) is 18.0. The third-order valence-electron chi connectivity index (χ3n) is 4.75. The second-order valence-corrected chi connectivity index (χ2v) is 7.30. The Morgan fingerprint density at radius 2 is 1.87 bits per heavy atom. The molecule has 8 heteroatoms. The summed E-state index contributed by atoms with van der Waals surface area (Å²) in [5, 5.41) is 7.76. The number of rotatable bonds is 7. The molecule has 158 valence electrons. The first-order valence-corrected chi connectivity index (χ1v) is 10.2. The quantitative estimate of drug-likeness (QED) is 0.402. The van der Waals surface area contributed by atoms with Crippen LogP contribution in [0.15, 0.2) is 53.6 Å². The van der Waals surface area contributed by atoms with Crippen molar-refractivity contribution in [2.75, 3.05) is 32.1 Å². The highest BCUT2D eigenvalue weighted by molar-refractivity contribution is 7.80. The van der Waals surface area contributed by atoms with Crippen molar-refractivity contribution in [1.29, 1.82) is 0 Å². The van der Waals surface area contributed by atoms with Crippen LogP contribution >= 0.6 is 12.2 Å². The first-order chi connectivity index (χ1) is 14.5. The topological polar surface area (TPSA) is 75.2 Å². The highest BCUT2D eigenvalue weighted by Crippen LogP contribution is 2.17. The first kappa shape index (κ1) is 21.6. The molecule has 2 N–H and O–H groups in total. The van der Waals surface area contributed by atoms with Gasteiger partial charge in [-0.25, -0.2) is 0 Å². The summed E-state index contributed by atoms with van der Waals surface area (Å²) >= 11 is 5.28. The Hall–Kier alpha value is -3.13. The molecular formula is C22H26N4O3S. The van der Waals surface area contributed by atoms with E-state index >= 15 is 0 Å². The SMILES string of the molecule is COc1cccc(NC(=S)N/N=C(\C)c2ccc(OCC(=O)N3CCCC3)cc2)c1. The van der Waals surface area contributed by atoms with Gasteiger partial charge in [-0.2, -0.15) is 5.10 Å². The molecule has 0 saturated carbocycles. The lowest BCUT2D eigenvalue weighted by Crippen LogP contribution is -2.32. The van der Waals surface area contributed by atoms with Crippen molar-refractivity contribution < 1.29 is 14.3 Å². The average Bonchev–Trinajstić information content (AvgIpc) is 3.31. The Kier molecular flexibility index (Phi) is 7.62. The third kappa shape index (κ3) is 6.18. The van der Waals surface area contributed by atoms with Crippen molar-refractivity contribution in [3.63, 3.8) is 0 Å². The Morgan fingerprint density at radius 3 is 2.57 bits per heavy atom. The second kappa shape index (κ2) is 10.6. The summed E-state index contributed by atoms with van der Waals surface area (Å²) in [6.07, 6.45) is 2.15. The van der Waals surface area contributed by atoms with Crippen LogP contribution < -0.4 is 20.2 Å². The van der Waals surface area contributed by atoms with Gasteiger partial charge in [0, 0.05) is 24.8 Å². The number of anilines is 1. The number of methoxy groups -OCH3 is 1. The van der Waals surface area contributed by atoms with Gasteiger partial charge < -0.3 is 19.7 Å². The summed E-state index contributed by atoms with van der Waals surface area (Å²) in [5.74, 6) is 1.43. The maximum absolute atomic E-state index is 12.1. The Bertz CT molecular complexity index is 909. The summed E-state index contributed by atoms with van der Waals surface area (Å²) in [7, 11) is 1.62. The van der Waals surface area contributed by atoms with Gasteiger partial charge in [0.1, 0.15) is 11.5 Å². The van der Waals surface area contributed by atoms with Gasteiger partial charge in [-0.05, 0) is 73.9 Å². The second-order valence-electron chi connectivity index (χ2n) is 6.90. The van der Waals surface area contributed by atoms with E-state index in [0.29, 0.717) is 10.9 Å². The molecule has 1 amide bonds. The molecule has 30 heavy (non-hydrogen) atoms. The highest BCUT2D eigenvalue weighted by Gasteiger charge is 2.18. The molecule has 0 aliphatic carbocycles. The summed E-state index contributed by atoms with van der Waals surface area (Å²) in [4.78, 5) is 13.9. The highest BCUT2D eigenvalue weighted by atomic mass is 32.1. The largest absolute Gasteiger partial charge is 0.497 e. The number of thiocarbonyl (C=S) groups is 1. The Labute approximate surface area is 182 Å². The molecule has 3 rings (SSSR count). The molecule has 0 radical (unpaired) electrons. The van der Waals surface area contributed by atoms with E-state index in [1.54, 1.807) is 7.11 Å². The van der Waals surface area contributed by atoms with Gasteiger partial charge >= 0.3 is 0 Å². The number of carbonyl (C=O) groups is 1. The fourth-order valence-electron chi connectivity index (χ4n) is 3.05. The molecule has 0 aromatic heterocycles. The first-order valence-electron chi connectivity index (χ1n) is 9.81. The number of hydrazone groups is 1. The number of ether oxygens (including phenoxy) is 2. The van der Waals surface area contributed by atoms with Crippen LogP contribution in [0.1, 0.15) is 25.3 Å². The standard InChI is InChI=1S/C22H26N4O3S/c1-16(24-25-22(30)23-18-6-5-7-20(14-18)28-2)17-8-10-19(11-9-17)29-15-21(27)26-12-3-4-13-26/h5-11,14H,3-4,12-13,15H2,1-2H3,(H2,23,25,30)/b24-16+. The Balaban J connectivity index is 1.49. The van der Waals surface area contributed by atoms with Crippen molar-refractivity contribution >= 4 is 34.6 Å². The van der Waals surface area contributed by atoms with Gasteiger partial charge in [0.15, 0.2) is 11.7 Å². The number of hydrogen-bond acceptors (Lipinski definition) is 5. The fraction of sp³-hybridized carbons (Fsp3) is 0.318. The molecule has 0 spiro atoms. The average molecular weight is 427 g/mol. The van der Waals surface area contributed by atoms with E-state index in [2.05, 4.69) is 15.8 Å². The Morgan fingerprint density at radius 1 is 1.13 bits per heavy atom. The maximum Gasteiger partial charge on any atom is 0.260 e. The van der Waals surface area contributed by atoms with E-state index in [0.717, 1.165) is 48.6 Å². The molecule has 2 aromatic rings. The molecule has 0 unspecified atom stereocenters. The number of carbonyl (C=O) groups excluding carboxylic acids is 1. The summed E-state index contributed by atoms with van der Waals surface area (Å²) in [6, 6.07) is 14.9. The predicted molar refractivity (Wildman–Crippen MR) is 122 cm³/mol. The van der Waals surface area contributed by atoms with E-state index in [1.165, 1.54) is 0 Å². The lowest BCUT2D eigenvalue weighted by atomic mass is 10.1. The van der Waals surface area contributed by atoms with Gasteiger partial charge in [-0.3, -0.25) is 10.2 Å². The van der Waals surface area contributed by atoms with Crippen molar-refractivity contribution in [2.45, 2.75) is 19.8 Å². The van der Waals surface area contributed by atoms with Crippen LogP contribution in [-0.4, -0.2) is 48.4 Å². The van der Waals surface area contributed by atoms with Crippen LogP contribution in [0.5, 0.6) is 11.5 Å². The number of nitrogens with one attached hydrogen (secondary N) is 2. The van der Waals surface area contributed by atoms with Crippen molar-refractivity contribution in [1.82, 2.24) is 10.3 Å². The lowest BCUT2D eigenvalue weighted by Gasteiger charge is -2.15. The normalized spacial score (nSPS) is 13.7. The molecule has 1 aliphatic rings. The minimum Gasteiger partial charge on any atom is -0.497 e. The van der Waals surface area contributed by atoms with E-state index in [1.807, 2.05) is 60.4 Å². The number of nitrogens with zero attached hydrogens (tertiary/aromatic N) is 2. The third-order valence-corrected chi connectivity index (χ3v) is 4.94. The molecule has 1 fully saturated rings. The molecule has 1 heterocycles. The smallest absolute Gasteiger partial charge is 0.260 e. The van der Waals surface area contributed by atoms with E-state index in [9.17, 15) is 4.79 Å². The monoisotopic (exact) mass is 426 g/mol. The van der Waals surface area contributed by atoms with Gasteiger partial charge in [0.2, 0.25) is 0 Å². The van der Waals surface area contributed by atoms with Crippen LogP contribution in [0.3, 0.4) is 0 Å². The molecule has 1 saturated heterocycles. The summed E-state index contributed by atoms with van der Waals surface area (Å²) in [6.45, 7) is 3.61. The van der Waals surface area contributed by atoms with Gasteiger partial charge in [-0.15, -0.1) is 0 Å². The summed E-state index contributed by atoms with van der Waals surface area (Å²) < 4.78 is 10.8. The molecular weight excluding hydrogens is 400 g/mol. The lowest BCUT2D eigenvalue weighted by molar-refractivity contribution is -0.132. The molecule has 7 nitrogen and oxygen atoms in total. The predicted octanol–water partition coefficient (Wildman–Crippen LogP) is 3.41. The number of benzene rings is 2. The van der Waals surface area contributed by atoms with Crippen molar-refractivity contribution in [3.8, 4) is 11.5 Å². The molecule has 2 aromatic carbocycles. The minimum absolute atomic E-state index is 0.0376. The zero-order chi connectivity index (χ0) is 21.3. The van der Waals surface area contributed by atoms with E-state index < -0.39 is 0 Å². The van der Waals surface area contributed by atoms with Crippen molar-refractivity contribution in [2.24, 2.45) is 5.10 Å². The van der Waals surface area contributed by atoms with Gasteiger partial charge in [0.25, 0.3) is 5.91 Å². The van der Waals surface area contributed by atoms with Crippen molar-refractivity contribution in [3.05, 3.63) is 54.1 Å². The minimum atomic E-state index is 0.0376. The van der Waals surface area contributed by atoms with E-state index in [-0.39, 0.29) is 12.5 Å². The molecule has 1 aliphatic heterocycles. The van der Waals surface area contributed by atoms with Gasteiger partial charge in [-0.1, -0.05) is 6.07 Å². The van der Waals surface area contributed by atoms with Crippen LogP contribution in [0.25, 0.3) is 0 Å². The van der Waals surface area contributed by atoms with Crippen LogP contribution in [0, 0.1) is 0 Å². The summed E-state index contributed by atoms with van der Waals surface area (Å²) in [5.41, 5.74) is 5.34. The van der Waals surface area contributed by atoms with Crippen LogP contribution in [0.4, 0.5) is 5.69 Å². The maximum atomic E-state index is 12.1. The molecule has 0 bridgehead atoms. The number of amides is 1. The van der Waals surface area contributed by atoms with Crippen LogP contribution in [-0.2, 0) is 4.79 Å². The number of hydrogen-bond donors (Lipinski definition) is 2. The number of likely N-dealkylation sites (tertiary alicyclic amines) is 1. The van der Waals surface area contributed by atoms with E-state index in [4.69, 9.17) is 21.7 Å².